The zero-order valence-corrected chi connectivity index (χ0v) is 14.6. The molecule has 0 radical (unpaired) electrons. The van der Waals surface area contributed by atoms with Gasteiger partial charge in [-0.05, 0) is 57.1 Å². The maximum absolute atomic E-state index is 10.8. The summed E-state index contributed by atoms with van der Waals surface area (Å²) in [6.07, 6.45) is 3.01. The van der Waals surface area contributed by atoms with E-state index in [9.17, 15) is 5.11 Å². The molecule has 23 heavy (non-hydrogen) atoms. The van der Waals surface area contributed by atoms with Crippen molar-refractivity contribution in [1.82, 2.24) is 10.2 Å². The first-order valence-electron chi connectivity index (χ1n) is 8.46. The van der Waals surface area contributed by atoms with Crippen LogP contribution >= 0.6 is 11.3 Å². The summed E-state index contributed by atoms with van der Waals surface area (Å²) in [5, 5.41) is 14.0. The van der Waals surface area contributed by atoms with Gasteiger partial charge in [-0.1, -0.05) is 30.3 Å². The molecule has 0 saturated carbocycles. The first-order chi connectivity index (χ1) is 11.3. The van der Waals surface area contributed by atoms with Crippen LogP contribution in [-0.2, 0) is 13.0 Å². The number of thiophene rings is 1. The minimum Gasteiger partial charge on any atom is -0.386 e. The molecule has 124 valence electrons. The van der Waals surface area contributed by atoms with Crippen LogP contribution in [0, 0.1) is 0 Å². The molecule has 2 aromatic rings. The third-order valence-corrected chi connectivity index (χ3v) is 5.74. The van der Waals surface area contributed by atoms with Crippen LogP contribution in [0.25, 0.3) is 0 Å². The molecule has 1 fully saturated rings. The number of aliphatic hydroxyl groups is 1. The first-order valence-corrected chi connectivity index (χ1v) is 9.28. The van der Waals surface area contributed by atoms with E-state index in [0.717, 1.165) is 17.8 Å². The van der Waals surface area contributed by atoms with Gasteiger partial charge in [-0.15, -0.1) is 11.3 Å². The average Bonchev–Trinajstić information content (AvgIpc) is 3.25. The average molecular weight is 330 g/mol. The van der Waals surface area contributed by atoms with Crippen molar-refractivity contribution in [3.05, 3.63) is 57.8 Å². The number of rotatable bonds is 7. The lowest BCUT2D eigenvalue weighted by molar-refractivity contribution is 0.135. The largest absolute Gasteiger partial charge is 0.386 e. The van der Waals surface area contributed by atoms with Crippen LogP contribution < -0.4 is 5.32 Å². The predicted molar refractivity (Wildman–Crippen MR) is 96.8 cm³/mol. The fraction of sp³-hybridized carbons (Fsp3) is 0.474. The summed E-state index contributed by atoms with van der Waals surface area (Å²) in [6.45, 7) is 3.45. The van der Waals surface area contributed by atoms with Crippen LogP contribution in [0.15, 0.2) is 42.5 Å². The minimum atomic E-state index is -0.461. The molecule has 1 aliphatic rings. The van der Waals surface area contributed by atoms with Gasteiger partial charge < -0.3 is 10.4 Å². The van der Waals surface area contributed by atoms with Gasteiger partial charge in [0.25, 0.3) is 0 Å². The van der Waals surface area contributed by atoms with E-state index in [1.165, 1.54) is 36.4 Å². The Morgan fingerprint density at radius 1 is 1.13 bits per heavy atom. The molecule has 0 bridgehead atoms. The molecule has 1 aromatic carbocycles. The zero-order chi connectivity index (χ0) is 16.1. The van der Waals surface area contributed by atoms with Gasteiger partial charge in [0.2, 0.25) is 0 Å². The van der Waals surface area contributed by atoms with Gasteiger partial charge in [-0.2, -0.15) is 0 Å². The van der Waals surface area contributed by atoms with Gasteiger partial charge in [-0.3, -0.25) is 4.90 Å². The molecule has 3 rings (SSSR count). The Bertz CT molecular complexity index is 592. The summed E-state index contributed by atoms with van der Waals surface area (Å²) in [6, 6.07) is 14.7. The minimum absolute atomic E-state index is 0.0377. The van der Waals surface area contributed by atoms with Gasteiger partial charge in [0, 0.05) is 22.3 Å². The van der Waals surface area contributed by atoms with Gasteiger partial charge in [-0.25, -0.2) is 0 Å². The van der Waals surface area contributed by atoms with Gasteiger partial charge in [0.05, 0.1) is 0 Å². The molecule has 2 atom stereocenters. The van der Waals surface area contributed by atoms with E-state index < -0.39 is 6.10 Å². The Labute approximate surface area is 143 Å². The predicted octanol–water partition coefficient (Wildman–Crippen LogP) is 3.21. The topological polar surface area (TPSA) is 35.5 Å². The summed E-state index contributed by atoms with van der Waals surface area (Å²) in [4.78, 5) is 4.92. The van der Waals surface area contributed by atoms with Crippen molar-refractivity contribution in [3.8, 4) is 0 Å². The third kappa shape index (κ3) is 4.42. The van der Waals surface area contributed by atoms with Crippen molar-refractivity contribution in [2.75, 3.05) is 20.1 Å². The summed E-state index contributed by atoms with van der Waals surface area (Å²) in [5.74, 6) is 0. The maximum atomic E-state index is 10.8. The summed E-state index contributed by atoms with van der Waals surface area (Å²) in [5.41, 5.74) is 1.25. The fourth-order valence-corrected chi connectivity index (χ4v) is 4.34. The summed E-state index contributed by atoms with van der Waals surface area (Å²) < 4.78 is 0. The van der Waals surface area contributed by atoms with E-state index in [0.29, 0.717) is 0 Å². The number of nitrogens with zero attached hydrogens (tertiary/aromatic N) is 1. The number of nitrogens with one attached hydrogen (secondary N) is 1. The lowest BCUT2D eigenvalue weighted by Crippen LogP contribution is -2.33. The van der Waals surface area contributed by atoms with E-state index in [4.69, 9.17) is 0 Å². The van der Waals surface area contributed by atoms with E-state index in [-0.39, 0.29) is 6.04 Å². The second kappa shape index (κ2) is 8.06. The van der Waals surface area contributed by atoms with Crippen molar-refractivity contribution in [3.63, 3.8) is 0 Å². The molecule has 2 N–H and O–H groups in total. The fourth-order valence-electron chi connectivity index (χ4n) is 3.24. The molecule has 0 amide bonds. The van der Waals surface area contributed by atoms with Crippen LogP contribution in [0.1, 0.15) is 34.3 Å². The lowest BCUT2D eigenvalue weighted by Gasteiger charge is -2.22. The van der Waals surface area contributed by atoms with Crippen molar-refractivity contribution in [2.45, 2.75) is 38.0 Å². The normalized spacial score (nSPS) is 18.2. The highest BCUT2D eigenvalue weighted by atomic mass is 32.1. The number of aliphatic hydroxyl groups excluding tert-OH is 1. The lowest BCUT2D eigenvalue weighted by atomic mass is 10.0. The second-order valence-electron chi connectivity index (χ2n) is 6.32. The molecule has 1 aromatic heterocycles. The van der Waals surface area contributed by atoms with Crippen LogP contribution in [-0.4, -0.2) is 36.2 Å². The van der Waals surface area contributed by atoms with Crippen LogP contribution in [0.3, 0.4) is 0 Å². The molecule has 4 heteroatoms. The SMILES string of the molecule is CNC(Cc1ccccc1)C(O)c1ccc(CN2CCCC2)s1. The Balaban J connectivity index is 1.63. The Morgan fingerprint density at radius 3 is 2.57 bits per heavy atom. The van der Waals surface area contributed by atoms with Crippen molar-refractivity contribution in [2.24, 2.45) is 0 Å². The summed E-state index contributed by atoms with van der Waals surface area (Å²) in [7, 11) is 1.93. The molecular formula is C19H26N2OS. The van der Waals surface area contributed by atoms with Crippen molar-refractivity contribution < 1.29 is 5.11 Å². The molecule has 0 aliphatic carbocycles. The second-order valence-corrected chi connectivity index (χ2v) is 7.52. The van der Waals surface area contributed by atoms with E-state index in [2.05, 4.69) is 34.5 Å². The van der Waals surface area contributed by atoms with Crippen LogP contribution in [0.5, 0.6) is 0 Å². The standard InChI is InChI=1S/C19H26N2OS/c1-20-17(13-15-7-3-2-4-8-15)19(22)18-10-9-16(23-18)14-21-11-5-6-12-21/h2-4,7-10,17,19-20,22H,5-6,11-14H2,1H3. The molecule has 3 nitrogen and oxygen atoms in total. The molecule has 1 aliphatic heterocycles. The smallest absolute Gasteiger partial charge is 0.104 e. The van der Waals surface area contributed by atoms with Crippen LogP contribution in [0.4, 0.5) is 0 Å². The highest BCUT2D eigenvalue weighted by molar-refractivity contribution is 7.12. The molecule has 2 unspecified atom stereocenters. The van der Waals surface area contributed by atoms with Gasteiger partial charge in [0.15, 0.2) is 0 Å². The molecule has 1 saturated heterocycles. The van der Waals surface area contributed by atoms with E-state index in [1.807, 2.05) is 25.2 Å². The van der Waals surface area contributed by atoms with Crippen molar-refractivity contribution >= 4 is 11.3 Å². The molecule has 0 spiro atoms. The third-order valence-electron chi connectivity index (χ3n) is 4.60. The molecular weight excluding hydrogens is 304 g/mol. The highest BCUT2D eigenvalue weighted by Gasteiger charge is 2.22. The first kappa shape index (κ1) is 16.7. The van der Waals surface area contributed by atoms with E-state index in [1.54, 1.807) is 11.3 Å². The Hall–Kier alpha value is -1.20. The van der Waals surface area contributed by atoms with Gasteiger partial charge in [0.1, 0.15) is 6.10 Å². The van der Waals surface area contributed by atoms with E-state index >= 15 is 0 Å². The van der Waals surface area contributed by atoms with Crippen molar-refractivity contribution in [1.29, 1.82) is 0 Å². The maximum Gasteiger partial charge on any atom is 0.104 e. The summed E-state index contributed by atoms with van der Waals surface area (Å²) >= 11 is 1.75. The quantitative estimate of drug-likeness (QED) is 0.818. The van der Waals surface area contributed by atoms with Crippen LogP contribution in [0.2, 0.25) is 0 Å². The number of hydrogen-bond donors (Lipinski definition) is 2. The number of likely N-dealkylation sites (N-methyl/N-ethyl adjacent to an activating group) is 1. The van der Waals surface area contributed by atoms with Gasteiger partial charge >= 0.3 is 0 Å². The Morgan fingerprint density at radius 2 is 1.87 bits per heavy atom. The number of benzene rings is 1. The zero-order valence-electron chi connectivity index (χ0n) is 13.7. The number of hydrogen-bond acceptors (Lipinski definition) is 4. The monoisotopic (exact) mass is 330 g/mol. The Kier molecular flexibility index (Phi) is 5.84. The number of likely N-dealkylation sites (tertiary alicyclic amines) is 1. The highest BCUT2D eigenvalue weighted by Crippen LogP contribution is 2.28. The molecule has 2 heterocycles.